The highest BCUT2D eigenvalue weighted by molar-refractivity contribution is 7.07. The Labute approximate surface area is 253 Å². The van der Waals surface area contributed by atoms with Gasteiger partial charge in [-0.3, -0.25) is 14.2 Å². The number of amides is 1. The summed E-state index contributed by atoms with van der Waals surface area (Å²) in [5.74, 6) is 0.536. The van der Waals surface area contributed by atoms with Crippen molar-refractivity contribution < 1.29 is 28.5 Å². The number of methoxy groups -OCH3 is 1. The third-order valence-corrected chi connectivity index (χ3v) is 8.21. The maximum Gasteiger partial charge on any atom is 0.338 e. The normalized spacial score (nSPS) is 16.9. The summed E-state index contributed by atoms with van der Waals surface area (Å²) >= 11 is 1.27. The van der Waals surface area contributed by atoms with Crippen molar-refractivity contribution in [2.75, 3.05) is 46.6 Å². The number of thiazole rings is 1. The van der Waals surface area contributed by atoms with E-state index in [0.717, 1.165) is 12.0 Å². The number of hydrogen-bond acceptors (Lipinski definition) is 9. The zero-order valence-electron chi connectivity index (χ0n) is 24.5. The van der Waals surface area contributed by atoms with Crippen LogP contribution in [-0.2, 0) is 19.1 Å². The molecule has 2 aliphatic rings. The minimum Gasteiger partial charge on any atom is -0.496 e. The first-order valence-corrected chi connectivity index (χ1v) is 15.2. The highest BCUT2D eigenvalue weighted by atomic mass is 32.1. The predicted molar refractivity (Wildman–Crippen MR) is 162 cm³/mol. The van der Waals surface area contributed by atoms with Gasteiger partial charge in [-0.15, -0.1) is 0 Å². The first kappa shape index (κ1) is 30.2. The Balaban J connectivity index is 1.50. The van der Waals surface area contributed by atoms with Crippen LogP contribution in [0.4, 0.5) is 0 Å². The molecular weight excluding hydrogens is 570 g/mol. The van der Waals surface area contributed by atoms with Crippen molar-refractivity contribution in [1.82, 2.24) is 9.47 Å². The van der Waals surface area contributed by atoms with Crippen LogP contribution < -0.4 is 24.4 Å². The fraction of sp³-hybridized carbons (Fsp3) is 0.375. The van der Waals surface area contributed by atoms with Crippen LogP contribution in [0.5, 0.6) is 11.5 Å². The molecule has 1 fully saturated rings. The summed E-state index contributed by atoms with van der Waals surface area (Å²) in [5, 5.41) is 0. The fourth-order valence-corrected chi connectivity index (χ4v) is 6.19. The third-order valence-electron chi connectivity index (χ3n) is 7.23. The molecule has 0 saturated carbocycles. The van der Waals surface area contributed by atoms with Crippen molar-refractivity contribution in [2.45, 2.75) is 32.7 Å². The Bertz CT molecular complexity index is 1680. The van der Waals surface area contributed by atoms with Crippen molar-refractivity contribution in [3.63, 3.8) is 0 Å². The molecule has 2 aliphatic heterocycles. The smallest absolute Gasteiger partial charge is 0.338 e. The molecule has 226 valence electrons. The number of fused-ring (bicyclic) bond motifs is 1. The van der Waals surface area contributed by atoms with E-state index in [9.17, 15) is 14.4 Å². The highest BCUT2D eigenvalue weighted by Gasteiger charge is 2.35. The van der Waals surface area contributed by atoms with Gasteiger partial charge in [0, 0.05) is 18.7 Å². The largest absolute Gasteiger partial charge is 0.496 e. The number of nitrogens with zero attached hydrogens (tertiary/aromatic N) is 3. The van der Waals surface area contributed by atoms with Crippen molar-refractivity contribution in [3.8, 4) is 11.5 Å². The van der Waals surface area contributed by atoms with Crippen molar-refractivity contribution in [2.24, 2.45) is 4.99 Å². The van der Waals surface area contributed by atoms with Gasteiger partial charge >= 0.3 is 5.97 Å². The molecule has 1 aromatic heterocycles. The summed E-state index contributed by atoms with van der Waals surface area (Å²) < 4.78 is 24.1. The zero-order valence-corrected chi connectivity index (χ0v) is 25.4. The molecule has 0 spiro atoms. The Morgan fingerprint density at radius 1 is 1.09 bits per heavy atom. The van der Waals surface area contributed by atoms with Gasteiger partial charge in [-0.05, 0) is 43.2 Å². The van der Waals surface area contributed by atoms with E-state index in [2.05, 4.69) is 0 Å². The van der Waals surface area contributed by atoms with Gasteiger partial charge in [-0.2, -0.15) is 0 Å². The lowest BCUT2D eigenvalue weighted by Crippen LogP contribution is -2.42. The molecule has 0 aliphatic carbocycles. The summed E-state index contributed by atoms with van der Waals surface area (Å²) in [7, 11) is 1.56. The lowest BCUT2D eigenvalue weighted by atomic mass is 9.93. The SMILES string of the molecule is CCCC1=C(C(=O)OCC)[C@H](c2ccccc2OC)n2c(s/c(=C/c3ccc(OCC(=O)N4CCOCC4)cc3)c2=O)=N1. The van der Waals surface area contributed by atoms with Gasteiger partial charge in [0.2, 0.25) is 0 Å². The number of carbonyl (C=O) groups excluding carboxylic acids is 2. The Kier molecular flexibility index (Phi) is 9.73. The fourth-order valence-electron chi connectivity index (χ4n) is 5.17. The molecule has 0 unspecified atom stereocenters. The average Bonchev–Trinajstić information content (AvgIpc) is 3.34. The molecule has 5 rings (SSSR count). The van der Waals surface area contributed by atoms with Gasteiger partial charge in [0.05, 0.1) is 42.7 Å². The maximum atomic E-state index is 14.0. The van der Waals surface area contributed by atoms with Crippen LogP contribution in [-0.4, -0.2) is 68.0 Å². The van der Waals surface area contributed by atoms with Crippen LogP contribution in [0, 0.1) is 0 Å². The van der Waals surface area contributed by atoms with Gasteiger partial charge in [-0.25, -0.2) is 9.79 Å². The van der Waals surface area contributed by atoms with E-state index in [1.165, 1.54) is 11.3 Å². The zero-order chi connectivity index (χ0) is 30.3. The summed E-state index contributed by atoms with van der Waals surface area (Å²) in [6.07, 6.45) is 3.11. The number of carbonyl (C=O) groups is 2. The second kappa shape index (κ2) is 13.8. The first-order valence-electron chi connectivity index (χ1n) is 14.4. The van der Waals surface area contributed by atoms with E-state index in [1.54, 1.807) is 41.7 Å². The van der Waals surface area contributed by atoms with Crippen LogP contribution in [0.25, 0.3) is 6.08 Å². The maximum absolute atomic E-state index is 14.0. The molecule has 0 radical (unpaired) electrons. The minimum atomic E-state index is -0.755. The van der Waals surface area contributed by atoms with Crippen LogP contribution in [0.1, 0.15) is 43.9 Å². The molecule has 3 aromatic rings. The molecule has 10 nitrogen and oxygen atoms in total. The third kappa shape index (κ3) is 6.57. The number of esters is 1. The van der Waals surface area contributed by atoms with E-state index in [0.29, 0.717) is 70.4 Å². The molecule has 43 heavy (non-hydrogen) atoms. The molecule has 0 bridgehead atoms. The molecule has 1 saturated heterocycles. The second-order valence-electron chi connectivity index (χ2n) is 10.0. The van der Waals surface area contributed by atoms with E-state index >= 15 is 0 Å². The van der Waals surface area contributed by atoms with Crippen LogP contribution in [0.15, 0.2) is 69.6 Å². The molecule has 3 heterocycles. The van der Waals surface area contributed by atoms with Gasteiger partial charge < -0.3 is 23.8 Å². The number of allylic oxidation sites excluding steroid dienone is 1. The number of hydrogen-bond donors (Lipinski definition) is 0. The number of ether oxygens (including phenoxy) is 4. The van der Waals surface area contributed by atoms with E-state index < -0.39 is 12.0 Å². The Morgan fingerprint density at radius 3 is 2.53 bits per heavy atom. The Morgan fingerprint density at radius 2 is 1.84 bits per heavy atom. The number of para-hydroxylation sites is 1. The number of benzene rings is 2. The van der Waals surface area contributed by atoms with E-state index in [-0.39, 0.29) is 24.7 Å². The van der Waals surface area contributed by atoms with Crippen molar-refractivity contribution in [1.29, 1.82) is 0 Å². The quantitative estimate of drug-likeness (QED) is 0.327. The molecule has 0 N–H and O–H groups in total. The van der Waals surface area contributed by atoms with E-state index in [1.807, 2.05) is 43.3 Å². The first-order chi connectivity index (χ1) is 20.9. The molecule has 11 heteroatoms. The van der Waals surface area contributed by atoms with Crippen LogP contribution >= 0.6 is 11.3 Å². The number of morpholine rings is 1. The van der Waals surface area contributed by atoms with E-state index in [4.69, 9.17) is 23.9 Å². The molecule has 2 aromatic carbocycles. The second-order valence-corrected chi connectivity index (χ2v) is 11.0. The minimum absolute atomic E-state index is 0.0518. The summed E-state index contributed by atoms with van der Waals surface area (Å²) in [5.41, 5.74) is 2.15. The average molecular weight is 606 g/mol. The van der Waals surface area contributed by atoms with Crippen LogP contribution in [0.3, 0.4) is 0 Å². The van der Waals surface area contributed by atoms with Crippen molar-refractivity contribution in [3.05, 3.63) is 90.6 Å². The lowest BCUT2D eigenvalue weighted by Gasteiger charge is -2.26. The molecule has 1 amide bonds. The lowest BCUT2D eigenvalue weighted by molar-refractivity contribution is -0.139. The molecular formula is C32H35N3O7S. The van der Waals surface area contributed by atoms with Crippen molar-refractivity contribution >= 4 is 29.3 Å². The predicted octanol–water partition coefficient (Wildman–Crippen LogP) is 2.82. The summed E-state index contributed by atoms with van der Waals surface area (Å²) in [6.45, 7) is 6.13. The summed E-state index contributed by atoms with van der Waals surface area (Å²) in [4.78, 5) is 46.8. The van der Waals surface area contributed by atoms with Crippen LogP contribution in [0.2, 0.25) is 0 Å². The van der Waals surface area contributed by atoms with Gasteiger partial charge in [-0.1, -0.05) is 55.0 Å². The highest BCUT2D eigenvalue weighted by Crippen LogP contribution is 2.36. The summed E-state index contributed by atoms with van der Waals surface area (Å²) in [6, 6.07) is 13.8. The molecule has 1 atom stereocenters. The van der Waals surface area contributed by atoms with Gasteiger partial charge in [0.1, 0.15) is 17.5 Å². The number of rotatable bonds is 10. The number of aromatic nitrogens is 1. The standard InChI is InChI=1S/C32H35N3O7S/c1-4-8-24-28(31(38)41-5-2)29(23-9-6-7-10-25(23)39-3)35-30(37)26(43-32(35)33-24)19-21-11-13-22(14-12-21)42-20-27(36)34-15-17-40-18-16-34/h6-7,9-14,19,29H,4-5,8,15-18,20H2,1-3H3/b26-19+/t29-/m0/s1. The van der Waals surface area contributed by atoms with Gasteiger partial charge in [0.25, 0.3) is 11.5 Å². The Hall–Kier alpha value is -4.22. The monoisotopic (exact) mass is 605 g/mol. The van der Waals surface area contributed by atoms with Gasteiger partial charge in [0.15, 0.2) is 11.4 Å². The topological polar surface area (TPSA) is 109 Å².